The topological polar surface area (TPSA) is 50.4 Å². The average molecular weight is 191 g/mol. The van der Waals surface area contributed by atoms with Gasteiger partial charge in [-0.15, -0.1) is 0 Å². The lowest BCUT2D eigenvalue weighted by Crippen LogP contribution is -2.38. The third-order valence-electron chi connectivity index (χ3n) is 2.11. The average Bonchev–Trinajstić information content (AvgIpc) is 2.53. The van der Waals surface area contributed by atoms with E-state index in [2.05, 4.69) is 10.3 Å². The van der Waals surface area contributed by atoms with Gasteiger partial charge in [0.25, 0.3) is 6.43 Å². The molecule has 0 aromatic carbocycles. The second-order valence-electron chi connectivity index (χ2n) is 3.24. The van der Waals surface area contributed by atoms with Gasteiger partial charge in [-0.2, -0.15) is 0 Å². The summed E-state index contributed by atoms with van der Waals surface area (Å²) in [7, 11) is 0. The zero-order chi connectivity index (χ0) is 9.68. The molecule has 0 bridgehead atoms. The molecule has 1 rings (SSSR count). The van der Waals surface area contributed by atoms with Gasteiger partial charge in [0.05, 0.1) is 0 Å². The first-order chi connectivity index (χ1) is 6.18. The minimum atomic E-state index is -2.41. The first-order valence-corrected chi connectivity index (χ1v) is 4.53. The summed E-state index contributed by atoms with van der Waals surface area (Å²) >= 11 is 0. The molecule has 1 saturated carbocycles. The zero-order valence-corrected chi connectivity index (χ0v) is 7.47. The minimum absolute atomic E-state index is 0.146. The summed E-state index contributed by atoms with van der Waals surface area (Å²) in [5.74, 6) is 0.146. The maximum Gasteiger partial charge on any atom is 0.257 e. The number of nitrogens with one attached hydrogen (secondary N) is 1. The van der Waals surface area contributed by atoms with E-state index >= 15 is 0 Å². The fourth-order valence-corrected chi connectivity index (χ4v) is 1.49. The Bertz CT molecular complexity index is 176. The van der Waals surface area contributed by atoms with Crippen LogP contribution in [0.5, 0.6) is 0 Å². The highest BCUT2D eigenvalue weighted by Gasteiger charge is 2.14. The number of hydrogen-bond donors (Lipinski definition) is 2. The van der Waals surface area contributed by atoms with Crippen LogP contribution in [0.3, 0.4) is 0 Å². The zero-order valence-electron chi connectivity index (χ0n) is 7.47. The van der Waals surface area contributed by atoms with Crippen LogP contribution in [0.4, 0.5) is 8.78 Å². The third-order valence-corrected chi connectivity index (χ3v) is 2.11. The molecular weight excluding hydrogens is 176 g/mol. The van der Waals surface area contributed by atoms with Crippen LogP contribution in [0.1, 0.15) is 25.7 Å². The van der Waals surface area contributed by atoms with Gasteiger partial charge in [0, 0.05) is 6.04 Å². The van der Waals surface area contributed by atoms with Crippen molar-refractivity contribution in [2.45, 2.75) is 38.2 Å². The predicted molar refractivity (Wildman–Crippen MR) is 47.9 cm³/mol. The van der Waals surface area contributed by atoms with E-state index in [1.165, 1.54) is 12.8 Å². The maximum atomic E-state index is 11.7. The molecule has 0 amide bonds. The number of nitrogens with two attached hydrogens (primary N) is 1. The van der Waals surface area contributed by atoms with Gasteiger partial charge < -0.3 is 11.1 Å². The summed E-state index contributed by atoms with van der Waals surface area (Å²) in [6, 6.07) is 0.335. The summed E-state index contributed by atoms with van der Waals surface area (Å²) in [5, 5.41) is 2.93. The quantitative estimate of drug-likeness (QED) is 0.518. The van der Waals surface area contributed by atoms with Crippen LogP contribution in [0.15, 0.2) is 4.99 Å². The van der Waals surface area contributed by atoms with E-state index in [4.69, 9.17) is 5.73 Å². The molecule has 5 heteroatoms. The van der Waals surface area contributed by atoms with Gasteiger partial charge in [-0.05, 0) is 12.8 Å². The van der Waals surface area contributed by atoms with E-state index in [0.717, 1.165) is 12.8 Å². The number of rotatable bonds is 3. The molecule has 1 aliphatic carbocycles. The Morgan fingerprint density at radius 1 is 1.46 bits per heavy atom. The summed E-state index contributed by atoms with van der Waals surface area (Å²) in [5.41, 5.74) is 5.41. The van der Waals surface area contributed by atoms with Crippen molar-refractivity contribution in [1.82, 2.24) is 5.32 Å². The second-order valence-corrected chi connectivity index (χ2v) is 3.24. The molecule has 1 aliphatic rings. The molecule has 0 radical (unpaired) electrons. The lowest BCUT2D eigenvalue weighted by atomic mass is 10.2. The highest BCUT2D eigenvalue weighted by molar-refractivity contribution is 5.78. The number of guanidine groups is 1. The largest absolute Gasteiger partial charge is 0.370 e. The number of alkyl halides is 2. The SMILES string of the molecule is NC(=NCC(F)F)NC1CCCC1. The Morgan fingerprint density at radius 3 is 2.62 bits per heavy atom. The Balaban J connectivity index is 2.22. The lowest BCUT2D eigenvalue weighted by molar-refractivity contribution is 0.158. The monoisotopic (exact) mass is 191 g/mol. The van der Waals surface area contributed by atoms with Gasteiger partial charge in [0.1, 0.15) is 6.54 Å². The maximum absolute atomic E-state index is 11.7. The second kappa shape index (κ2) is 4.99. The molecule has 0 unspecified atom stereocenters. The first-order valence-electron chi connectivity index (χ1n) is 4.53. The Labute approximate surface area is 76.4 Å². The number of halogens is 2. The molecule has 76 valence electrons. The van der Waals surface area contributed by atoms with Crippen molar-refractivity contribution in [3.63, 3.8) is 0 Å². The molecule has 0 saturated heterocycles. The Hall–Kier alpha value is -0.870. The van der Waals surface area contributed by atoms with Gasteiger partial charge in [0.2, 0.25) is 0 Å². The molecule has 1 fully saturated rings. The van der Waals surface area contributed by atoms with Crippen molar-refractivity contribution < 1.29 is 8.78 Å². The molecule has 0 atom stereocenters. The lowest BCUT2D eigenvalue weighted by Gasteiger charge is -2.11. The molecule has 13 heavy (non-hydrogen) atoms. The van der Waals surface area contributed by atoms with E-state index in [9.17, 15) is 8.78 Å². The molecule has 0 spiro atoms. The smallest absolute Gasteiger partial charge is 0.257 e. The van der Waals surface area contributed by atoms with Crippen LogP contribution in [0, 0.1) is 0 Å². The van der Waals surface area contributed by atoms with Crippen molar-refractivity contribution >= 4 is 5.96 Å². The van der Waals surface area contributed by atoms with Crippen molar-refractivity contribution in [2.24, 2.45) is 10.7 Å². The standard InChI is InChI=1S/C8H15F2N3/c9-7(10)5-12-8(11)13-6-3-1-2-4-6/h6-7H,1-5H2,(H3,11,12,13). The fraction of sp³-hybridized carbons (Fsp3) is 0.875. The molecule has 3 nitrogen and oxygen atoms in total. The van der Waals surface area contributed by atoms with Crippen molar-refractivity contribution in [3.05, 3.63) is 0 Å². The first kappa shape index (κ1) is 10.2. The summed E-state index contributed by atoms with van der Waals surface area (Å²) in [4.78, 5) is 3.52. The molecule has 0 aromatic heterocycles. The fourth-order valence-electron chi connectivity index (χ4n) is 1.49. The molecule has 0 aliphatic heterocycles. The van der Waals surface area contributed by atoms with Crippen molar-refractivity contribution in [1.29, 1.82) is 0 Å². The van der Waals surface area contributed by atoms with Crippen LogP contribution >= 0.6 is 0 Å². The highest BCUT2D eigenvalue weighted by Crippen LogP contribution is 2.17. The van der Waals surface area contributed by atoms with E-state index in [-0.39, 0.29) is 5.96 Å². The van der Waals surface area contributed by atoms with Gasteiger partial charge in [-0.25, -0.2) is 13.8 Å². The minimum Gasteiger partial charge on any atom is -0.370 e. The normalized spacial score (nSPS) is 19.8. The highest BCUT2D eigenvalue weighted by atomic mass is 19.3. The number of hydrogen-bond acceptors (Lipinski definition) is 1. The molecule has 0 heterocycles. The summed E-state index contributed by atoms with van der Waals surface area (Å²) < 4.78 is 23.4. The summed E-state index contributed by atoms with van der Waals surface area (Å²) in [6.45, 7) is -0.508. The molecule has 0 aromatic rings. The van der Waals surface area contributed by atoms with Gasteiger partial charge in [0.15, 0.2) is 5.96 Å². The van der Waals surface area contributed by atoms with Crippen molar-refractivity contribution in [2.75, 3.05) is 6.54 Å². The third kappa shape index (κ3) is 4.05. The van der Waals surface area contributed by atoms with E-state index < -0.39 is 13.0 Å². The van der Waals surface area contributed by atoms with E-state index in [1.54, 1.807) is 0 Å². The van der Waals surface area contributed by atoms with E-state index in [1.807, 2.05) is 0 Å². The van der Waals surface area contributed by atoms with Crippen LogP contribution in [0.25, 0.3) is 0 Å². The van der Waals surface area contributed by atoms with Gasteiger partial charge in [-0.3, -0.25) is 0 Å². The van der Waals surface area contributed by atoms with Crippen LogP contribution in [-0.4, -0.2) is 25.0 Å². The Morgan fingerprint density at radius 2 is 2.08 bits per heavy atom. The molecule has 3 N–H and O–H groups in total. The predicted octanol–water partition coefficient (Wildman–Crippen LogP) is 1.10. The Kier molecular flexibility index (Phi) is 3.92. The summed E-state index contributed by atoms with van der Waals surface area (Å²) in [6.07, 6.45) is 2.07. The number of aliphatic imine (C=N–C) groups is 1. The van der Waals surface area contributed by atoms with Crippen LogP contribution in [0.2, 0.25) is 0 Å². The van der Waals surface area contributed by atoms with Gasteiger partial charge >= 0.3 is 0 Å². The van der Waals surface area contributed by atoms with Crippen LogP contribution in [-0.2, 0) is 0 Å². The van der Waals surface area contributed by atoms with Gasteiger partial charge in [-0.1, -0.05) is 12.8 Å². The van der Waals surface area contributed by atoms with Crippen molar-refractivity contribution in [3.8, 4) is 0 Å². The van der Waals surface area contributed by atoms with Crippen LogP contribution < -0.4 is 11.1 Å². The molecular formula is C8H15F2N3. The number of nitrogens with zero attached hydrogens (tertiary/aromatic N) is 1. The van der Waals surface area contributed by atoms with E-state index in [0.29, 0.717) is 6.04 Å².